The van der Waals surface area contributed by atoms with Crippen LogP contribution in [0.1, 0.15) is 15.9 Å². The van der Waals surface area contributed by atoms with Gasteiger partial charge in [0.05, 0.1) is 23.9 Å². The summed E-state index contributed by atoms with van der Waals surface area (Å²) in [6.45, 7) is 0. The van der Waals surface area contributed by atoms with E-state index in [2.05, 4.69) is 5.10 Å². The van der Waals surface area contributed by atoms with Gasteiger partial charge in [0.15, 0.2) is 6.29 Å². The highest BCUT2D eigenvalue weighted by Crippen LogP contribution is 2.32. The molecule has 1 aromatic carbocycles. The van der Waals surface area contributed by atoms with E-state index in [1.54, 1.807) is 29.9 Å². The quantitative estimate of drug-likeness (QED) is 0.762. The third-order valence-corrected chi connectivity index (χ3v) is 3.52. The first-order valence-electron chi connectivity index (χ1n) is 5.99. The molecule has 19 heavy (non-hydrogen) atoms. The Morgan fingerprint density at radius 3 is 2.84 bits per heavy atom. The Bertz CT molecular complexity index is 688. The highest BCUT2D eigenvalue weighted by atomic mass is 16.2. The van der Waals surface area contributed by atoms with E-state index in [0.717, 1.165) is 28.8 Å². The molecule has 0 saturated heterocycles. The highest BCUT2D eigenvalue weighted by molar-refractivity contribution is 6.01. The van der Waals surface area contributed by atoms with E-state index < -0.39 is 0 Å². The molecule has 0 N–H and O–H groups in total. The molecule has 0 saturated carbocycles. The van der Waals surface area contributed by atoms with Crippen molar-refractivity contribution < 1.29 is 9.59 Å². The van der Waals surface area contributed by atoms with Gasteiger partial charge in [-0.2, -0.15) is 5.10 Å². The van der Waals surface area contributed by atoms with E-state index >= 15 is 0 Å². The second-order valence-electron chi connectivity index (χ2n) is 4.66. The smallest absolute Gasteiger partial charge is 0.231 e. The standard InChI is InChI=1S/C14H13N3O2/c1-16-12-4-3-9(5-10(12)6-13(16)19)14-11(8-18)7-15-17(14)2/h3-5,7-8H,6H2,1-2H3. The van der Waals surface area contributed by atoms with Crippen LogP contribution in [-0.4, -0.2) is 29.0 Å². The molecular weight excluding hydrogens is 242 g/mol. The number of carbonyl (C=O) groups excluding carboxylic acids is 2. The van der Waals surface area contributed by atoms with Gasteiger partial charge >= 0.3 is 0 Å². The number of likely N-dealkylation sites (N-methyl/N-ethyl adjacent to an activating group) is 1. The number of carbonyl (C=O) groups is 2. The van der Waals surface area contributed by atoms with Crippen LogP contribution in [-0.2, 0) is 18.3 Å². The fraction of sp³-hybridized carbons (Fsp3) is 0.214. The van der Waals surface area contributed by atoms with Crippen molar-refractivity contribution in [3.8, 4) is 11.3 Å². The van der Waals surface area contributed by atoms with Crippen molar-refractivity contribution >= 4 is 17.9 Å². The van der Waals surface area contributed by atoms with Crippen LogP contribution in [0.5, 0.6) is 0 Å². The number of aryl methyl sites for hydroxylation is 1. The summed E-state index contributed by atoms with van der Waals surface area (Å²) in [5.74, 6) is 0.0905. The molecule has 96 valence electrons. The van der Waals surface area contributed by atoms with Crippen molar-refractivity contribution in [1.29, 1.82) is 0 Å². The van der Waals surface area contributed by atoms with Crippen molar-refractivity contribution in [3.63, 3.8) is 0 Å². The second-order valence-corrected chi connectivity index (χ2v) is 4.66. The Balaban J connectivity index is 2.14. The molecular formula is C14H13N3O2. The van der Waals surface area contributed by atoms with Crippen molar-refractivity contribution in [2.45, 2.75) is 6.42 Å². The number of amides is 1. The maximum absolute atomic E-state index is 11.7. The fourth-order valence-corrected chi connectivity index (χ4v) is 2.51. The zero-order chi connectivity index (χ0) is 13.6. The first-order chi connectivity index (χ1) is 9.11. The van der Waals surface area contributed by atoms with Gasteiger partial charge in [0, 0.05) is 25.3 Å². The first-order valence-corrected chi connectivity index (χ1v) is 5.99. The average molecular weight is 255 g/mol. The monoisotopic (exact) mass is 255 g/mol. The lowest BCUT2D eigenvalue weighted by Crippen LogP contribution is -2.20. The molecule has 3 rings (SSSR count). The molecule has 0 spiro atoms. The lowest BCUT2D eigenvalue weighted by Gasteiger charge is -2.11. The predicted molar refractivity (Wildman–Crippen MR) is 71.1 cm³/mol. The molecule has 1 amide bonds. The molecule has 5 heteroatoms. The number of anilines is 1. The molecule has 2 heterocycles. The zero-order valence-electron chi connectivity index (χ0n) is 10.8. The van der Waals surface area contributed by atoms with Crippen LogP contribution < -0.4 is 4.90 Å². The fourth-order valence-electron chi connectivity index (χ4n) is 2.51. The van der Waals surface area contributed by atoms with Gasteiger partial charge in [-0.3, -0.25) is 14.3 Å². The van der Waals surface area contributed by atoms with Gasteiger partial charge < -0.3 is 4.90 Å². The van der Waals surface area contributed by atoms with E-state index in [0.29, 0.717) is 12.0 Å². The Morgan fingerprint density at radius 2 is 2.11 bits per heavy atom. The summed E-state index contributed by atoms with van der Waals surface area (Å²) in [6, 6.07) is 5.79. The van der Waals surface area contributed by atoms with Crippen LogP contribution >= 0.6 is 0 Å². The van der Waals surface area contributed by atoms with Gasteiger partial charge in [-0.05, 0) is 17.7 Å². The van der Waals surface area contributed by atoms with Crippen molar-refractivity contribution in [2.75, 3.05) is 11.9 Å². The summed E-state index contributed by atoms with van der Waals surface area (Å²) in [6.07, 6.45) is 2.76. The number of benzene rings is 1. The van der Waals surface area contributed by atoms with Crippen LogP contribution in [0.4, 0.5) is 5.69 Å². The lowest BCUT2D eigenvalue weighted by atomic mass is 10.0. The minimum absolute atomic E-state index is 0.0905. The zero-order valence-corrected chi connectivity index (χ0v) is 10.8. The van der Waals surface area contributed by atoms with Gasteiger partial charge in [0.25, 0.3) is 0 Å². The Kier molecular flexibility index (Phi) is 2.48. The van der Waals surface area contributed by atoms with Gasteiger partial charge in [-0.25, -0.2) is 0 Å². The second kappa shape index (κ2) is 4.05. The summed E-state index contributed by atoms with van der Waals surface area (Å²) in [5.41, 5.74) is 4.16. The SMILES string of the molecule is CN1C(=O)Cc2cc(-c3c(C=O)cnn3C)ccc21. The molecule has 1 aliphatic rings. The molecule has 1 aromatic heterocycles. The van der Waals surface area contributed by atoms with Gasteiger partial charge in [0.1, 0.15) is 0 Å². The number of nitrogens with zero attached hydrogens (tertiary/aromatic N) is 3. The molecule has 0 atom stereocenters. The minimum Gasteiger partial charge on any atom is -0.315 e. The van der Waals surface area contributed by atoms with Crippen LogP contribution in [0.25, 0.3) is 11.3 Å². The number of aldehydes is 1. The largest absolute Gasteiger partial charge is 0.315 e. The first kappa shape index (κ1) is 11.6. The molecule has 0 radical (unpaired) electrons. The molecule has 5 nitrogen and oxygen atoms in total. The third-order valence-electron chi connectivity index (χ3n) is 3.52. The maximum Gasteiger partial charge on any atom is 0.231 e. The summed E-state index contributed by atoms with van der Waals surface area (Å²) >= 11 is 0. The molecule has 0 aliphatic carbocycles. The van der Waals surface area contributed by atoms with Gasteiger partial charge in [0.2, 0.25) is 5.91 Å². The summed E-state index contributed by atoms with van der Waals surface area (Å²) in [4.78, 5) is 24.4. The number of hydrogen-bond acceptors (Lipinski definition) is 3. The minimum atomic E-state index is 0.0905. The third kappa shape index (κ3) is 1.66. The molecule has 1 aliphatic heterocycles. The highest BCUT2D eigenvalue weighted by Gasteiger charge is 2.24. The summed E-state index contributed by atoms with van der Waals surface area (Å²) in [7, 11) is 3.57. The average Bonchev–Trinajstić information content (AvgIpc) is 2.90. The van der Waals surface area contributed by atoms with Crippen molar-refractivity contribution in [3.05, 3.63) is 35.5 Å². The molecule has 0 fully saturated rings. The molecule has 2 aromatic rings. The van der Waals surface area contributed by atoms with Crippen LogP contribution in [0.3, 0.4) is 0 Å². The maximum atomic E-state index is 11.7. The van der Waals surface area contributed by atoms with Gasteiger partial charge in [-0.15, -0.1) is 0 Å². The van der Waals surface area contributed by atoms with E-state index in [1.165, 1.54) is 0 Å². The van der Waals surface area contributed by atoms with E-state index in [-0.39, 0.29) is 5.91 Å². The number of hydrogen-bond donors (Lipinski definition) is 0. The number of aromatic nitrogens is 2. The van der Waals surface area contributed by atoms with Gasteiger partial charge in [-0.1, -0.05) is 6.07 Å². The van der Waals surface area contributed by atoms with Crippen LogP contribution in [0, 0.1) is 0 Å². The lowest BCUT2D eigenvalue weighted by molar-refractivity contribution is -0.117. The van der Waals surface area contributed by atoms with Crippen molar-refractivity contribution in [1.82, 2.24) is 9.78 Å². The predicted octanol–water partition coefficient (Wildman–Crippen LogP) is 1.42. The van der Waals surface area contributed by atoms with E-state index in [4.69, 9.17) is 0 Å². The van der Waals surface area contributed by atoms with E-state index in [1.807, 2.05) is 18.2 Å². The van der Waals surface area contributed by atoms with E-state index in [9.17, 15) is 9.59 Å². The van der Waals surface area contributed by atoms with Crippen LogP contribution in [0.15, 0.2) is 24.4 Å². The number of fused-ring (bicyclic) bond motifs is 1. The Hall–Kier alpha value is -2.43. The normalized spacial score (nSPS) is 13.8. The summed E-state index contributed by atoms with van der Waals surface area (Å²) < 4.78 is 1.67. The number of rotatable bonds is 2. The summed E-state index contributed by atoms with van der Waals surface area (Å²) in [5, 5.41) is 4.10. The topological polar surface area (TPSA) is 55.2 Å². The molecule has 0 bridgehead atoms. The molecule has 0 unspecified atom stereocenters. The van der Waals surface area contributed by atoms with Crippen molar-refractivity contribution in [2.24, 2.45) is 7.05 Å². The van der Waals surface area contributed by atoms with Crippen LogP contribution in [0.2, 0.25) is 0 Å². The Labute approximate surface area is 110 Å². The Morgan fingerprint density at radius 1 is 1.32 bits per heavy atom.